The number of anilines is 1. The van der Waals surface area contributed by atoms with Gasteiger partial charge >= 0.3 is 11.9 Å². The molecule has 0 radical (unpaired) electrons. The summed E-state index contributed by atoms with van der Waals surface area (Å²) in [6.07, 6.45) is 5.48. The van der Waals surface area contributed by atoms with Crippen LogP contribution in [0.5, 0.6) is 0 Å². The van der Waals surface area contributed by atoms with Crippen LogP contribution >= 0.6 is 11.3 Å². The first-order chi connectivity index (χ1) is 14.8. The number of nitrogens with one attached hydrogen (secondary N) is 1. The van der Waals surface area contributed by atoms with E-state index < -0.39 is 23.8 Å². The number of thiophene rings is 1. The molecule has 2 N–H and O–H groups in total. The van der Waals surface area contributed by atoms with E-state index in [0.29, 0.717) is 10.6 Å². The van der Waals surface area contributed by atoms with E-state index in [1.807, 2.05) is 50.3 Å². The van der Waals surface area contributed by atoms with E-state index in [4.69, 9.17) is 4.74 Å². The molecule has 3 aliphatic rings. The van der Waals surface area contributed by atoms with E-state index in [2.05, 4.69) is 5.32 Å². The predicted octanol–water partition coefficient (Wildman–Crippen LogP) is 4.67. The number of benzene rings is 1. The minimum Gasteiger partial charge on any atom is -0.481 e. The second-order valence-corrected chi connectivity index (χ2v) is 9.49. The zero-order chi connectivity index (χ0) is 22.3. The van der Waals surface area contributed by atoms with Crippen LogP contribution in [0.25, 0.3) is 11.1 Å². The molecule has 0 unspecified atom stereocenters. The monoisotopic (exact) mass is 439 g/mol. The van der Waals surface area contributed by atoms with E-state index in [1.54, 1.807) is 0 Å². The minimum absolute atomic E-state index is 0.106. The average Bonchev–Trinajstić information content (AvgIpc) is 3.09. The quantitative estimate of drug-likeness (QED) is 0.522. The lowest BCUT2D eigenvalue weighted by Gasteiger charge is -2.41. The second kappa shape index (κ2) is 8.30. The van der Waals surface area contributed by atoms with Gasteiger partial charge in [0.25, 0.3) is 0 Å². The third-order valence-electron chi connectivity index (χ3n) is 6.39. The Labute approximate surface area is 184 Å². The number of hydrogen-bond acceptors (Lipinski definition) is 5. The van der Waals surface area contributed by atoms with E-state index in [0.717, 1.165) is 34.4 Å². The highest BCUT2D eigenvalue weighted by atomic mass is 32.1. The summed E-state index contributed by atoms with van der Waals surface area (Å²) < 4.78 is 5.02. The van der Waals surface area contributed by atoms with Gasteiger partial charge in [-0.3, -0.25) is 9.59 Å². The van der Waals surface area contributed by atoms with Gasteiger partial charge in [-0.05, 0) is 44.1 Å². The van der Waals surface area contributed by atoms with Crippen LogP contribution in [0.15, 0.2) is 36.4 Å². The summed E-state index contributed by atoms with van der Waals surface area (Å²) >= 11 is 1.31. The van der Waals surface area contributed by atoms with Gasteiger partial charge in [-0.1, -0.05) is 42.0 Å². The molecule has 5 rings (SSSR count). The van der Waals surface area contributed by atoms with E-state index in [-0.39, 0.29) is 17.7 Å². The van der Waals surface area contributed by atoms with Gasteiger partial charge < -0.3 is 15.2 Å². The van der Waals surface area contributed by atoms with Crippen molar-refractivity contribution < 1.29 is 24.2 Å². The number of fused-ring (bicyclic) bond motifs is 2. The number of allylic oxidation sites excluding steroid dienone is 2. The summed E-state index contributed by atoms with van der Waals surface area (Å²) in [5, 5.41) is 13.1. The SMILES string of the molecule is COC(=O)c1c(NC(=O)[C@H]2[C@H](C(=O)O)[C@H]3C=C[C@H]2CC3)sc(C)c1-c1ccc(C)cc1. The van der Waals surface area contributed by atoms with Gasteiger partial charge in [0.15, 0.2) is 0 Å². The zero-order valence-electron chi connectivity index (χ0n) is 17.7. The molecule has 1 aromatic heterocycles. The van der Waals surface area contributed by atoms with Crippen molar-refractivity contribution >= 4 is 34.2 Å². The third-order valence-corrected chi connectivity index (χ3v) is 7.41. The number of hydrogen-bond donors (Lipinski definition) is 2. The topological polar surface area (TPSA) is 92.7 Å². The van der Waals surface area contributed by atoms with Crippen molar-refractivity contribution in [3.8, 4) is 11.1 Å². The van der Waals surface area contributed by atoms with Crippen molar-refractivity contribution in [2.45, 2.75) is 26.7 Å². The van der Waals surface area contributed by atoms with Crippen LogP contribution in [0, 0.1) is 37.5 Å². The Morgan fingerprint density at radius 2 is 1.65 bits per heavy atom. The molecule has 6 nitrogen and oxygen atoms in total. The van der Waals surface area contributed by atoms with E-state index >= 15 is 0 Å². The molecular weight excluding hydrogens is 414 g/mol. The summed E-state index contributed by atoms with van der Waals surface area (Å²) in [6, 6.07) is 7.81. The van der Waals surface area contributed by atoms with Crippen LogP contribution in [0.4, 0.5) is 5.00 Å². The fourth-order valence-corrected chi connectivity index (χ4v) is 5.95. The number of aliphatic carboxylic acids is 1. The largest absolute Gasteiger partial charge is 0.481 e. The number of carbonyl (C=O) groups excluding carboxylic acids is 2. The molecule has 1 amide bonds. The number of carboxylic acid groups (broad SMARTS) is 1. The van der Waals surface area contributed by atoms with Gasteiger partial charge in [0.1, 0.15) is 10.6 Å². The highest BCUT2D eigenvalue weighted by molar-refractivity contribution is 7.17. The molecule has 0 aliphatic heterocycles. The fraction of sp³-hybridized carbons (Fsp3) is 0.375. The molecule has 2 bridgehead atoms. The van der Waals surface area contributed by atoms with Crippen LogP contribution in [0.1, 0.15) is 33.6 Å². The summed E-state index contributed by atoms with van der Waals surface area (Å²) in [5.74, 6) is -3.48. The summed E-state index contributed by atoms with van der Waals surface area (Å²) in [5.41, 5.74) is 3.01. The highest BCUT2D eigenvalue weighted by Gasteiger charge is 2.48. The number of amides is 1. The van der Waals surface area contributed by atoms with Gasteiger partial charge in [0, 0.05) is 10.4 Å². The number of aryl methyl sites for hydroxylation is 2. The molecule has 0 saturated heterocycles. The molecule has 1 fully saturated rings. The summed E-state index contributed by atoms with van der Waals surface area (Å²) in [7, 11) is 1.31. The number of esters is 1. The normalized spacial score (nSPS) is 24.1. The van der Waals surface area contributed by atoms with Crippen LogP contribution in [0.3, 0.4) is 0 Å². The lowest BCUT2D eigenvalue weighted by molar-refractivity contribution is -0.151. The molecule has 31 heavy (non-hydrogen) atoms. The number of methoxy groups -OCH3 is 1. The van der Waals surface area contributed by atoms with Gasteiger partial charge in [0.05, 0.1) is 18.9 Å². The van der Waals surface area contributed by atoms with Gasteiger partial charge in [0.2, 0.25) is 5.91 Å². The highest BCUT2D eigenvalue weighted by Crippen LogP contribution is 2.46. The second-order valence-electron chi connectivity index (χ2n) is 8.26. The van der Waals surface area contributed by atoms with Crippen molar-refractivity contribution in [1.82, 2.24) is 0 Å². The predicted molar refractivity (Wildman–Crippen MR) is 119 cm³/mol. The Morgan fingerprint density at radius 3 is 2.19 bits per heavy atom. The van der Waals surface area contributed by atoms with Crippen LogP contribution in [0.2, 0.25) is 0 Å². The van der Waals surface area contributed by atoms with Crippen LogP contribution < -0.4 is 5.32 Å². The number of carboxylic acids is 1. The van der Waals surface area contributed by atoms with E-state index in [1.165, 1.54) is 18.4 Å². The molecule has 2 aromatic rings. The maximum absolute atomic E-state index is 13.3. The first-order valence-corrected chi connectivity index (χ1v) is 11.1. The molecule has 162 valence electrons. The Hall–Kier alpha value is -2.93. The van der Waals surface area contributed by atoms with Crippen molar-refractivity contribution in [3.63, 3.8) is 0 Å². The summed E-state index contributed by atoms with van der Waals surface area (Å²) in [4.78, 5) is 38.8. The fourth-order valence-electron chi connectivity index (χ4n) is 4.88. The lowest BCUT2D eigenvalue weighted by atomic mass is 9.62. The molecule has 1 aromatic carbocycles. The minimum atomic E-state index is -0.949. The Balaban J connectivity index is 1.71. The molecule has 1 saturated carbocycles. The van der Waals surface area contributed by atoms with Gasteiger partial charge in [-0.2, -0.15) is 0 Å². The van der Waals surface area contributed by atoms with Crippen molar-refractivity contribution in [3.05, 3.63) is 52.4 Å². The van der Waals surface area contributed by atoms with Gasteiger partial charge in [-0.25, -0.2) is 4.79 Å². The smallest absolute Gasteiger partial charge is 0.341 e. The van der Waals surface area contributed by atoms with Gasteiger partial charge in [-0.15, -0.1) is 11.3 Å². The number of rotatable bonds is 5. The first kappa shape index (κ1) is 21.3. The maximum atomic E-state index is 13.3. The summed E-state index contributed by atoms with van der Waals surface area (Å²) in [6.45, 7) is 3.88. The third kappa shape index (κ3) is 3.78. The standard InChI is InChI=1S/C24H25NO5S/c1-12-4-6-14(7-5-12)17-13(2)31-22(20(17)24(29)30-3)25-21(26)18-15-8-10-16(11-9-15)19(18)23(27)28/h4-8,10,15-16,18-19H,9,11H2,1-3H3,(H,25,26)(H,27,28)/t15-,16-,18+,19+/m0/s1. The maximum Gasteiger partial charge on any atom is 0.341 e. The number of carbonyl (C=O) groups is 3. The van der Waals surface area contributed by atoms with Crippen LogP contribution in [-0.2, 0) is 14.3 Å². The van der Waals surface area contributed by atoms with E-state index in [9.17, 15) is 19.5 Å². The lowest BCUT2D eigenvalue weighted by Crippen LogP contribution is -2.47. The number of ether oxygens (including phenoxy) is 1. The van der Waals surface area contributed by atoms with Crippen molar-refractivity contribution in [1.29, 1.82) is 0 Å². The zero-order valence-corrected chi connectivity index (χ0v) is 18.5. The van der Waals surface area contributed by atoms with Crippen LogP contribution in [-0.4, -0.2) is 30.1 Å². The Morgan fingerprint density at radius 1 is 1.03 bits per heavy atom. The molecule has 7 heteroatoms. The molecular formula is C24H25NO5S. The molecule has 4 atom stereocenters. The molecule has 3 aliphatic carbocycles. The Bertz CT molecular complexity index is 1070. The Kier molecular flexibility index (Phi) is 5.71. The molecule has 1 heterocycles. The average molecular weight is 440 g/mol. The van der Waals surface area contributed by atoms with Crippen molar-refractivity contribution in [2.75, 3.05) is 12.4 Å². The molecule has 0 spiro atoms. The van der Waals surface area contributed by atoms with Crippen molar-refractivity contribution in [2.24, 2.45) is 23.7 Å². The first-order valence-electron chi connectivity index (χ1n) is 10.3.